The Labute approximate surface area is 181 Å². The lowest BCUT2D eigenvalue weighted by Crippen LogP contribution is -2.39. The van der Waals surface area contributed by atoms with Gasteiger partial charge >= 0.3 is 5.97 Å². The van der Waals surface area contributed by atoms with Crippen molar-refractivity contribution in [2.24, 2.45) is 4.99 Å². The number of rotatable bonds is 5. The summed E-state index contributed by atoms with van der Waals surface area (Å²) in [6, 6.07) is 13.2. The first-order chi connectivity index (χ1) is 14.6. The summed E-state index contributed by atoms with van der Waals surface area (Å²) in [4.78, 5) is 32.0. The maximum Gasteiger partial charge on any atom is 0.338 e. The van der Waals surface area contributed by atoms with Gasteiger partial charge in [-0.05, 0) is 36.9 Å². The summed E-state index contributed by atoms with van der Waals surface area (Å²) in [5.41, 5.74) is 1.89. The zero-order chi connectivity index (χ0) is 21.1. The Kier molecular flexibility index (Phi) is 5.92. The van der Waals surface area contributed by atoms with Gasteiger partial charge in [-0.3, -0.25) is 9.36 Å². The van der Waals surface area contributed by atoms with E-state index in [1.165, 1.54) is 22.7 Å². The fraction of sp³-hybridized carbons (Fsp3) is 0.174. The molecule has 1 atom stereocenters. The molecule has 0 saturated heterocycles. The molecule has 0 saturated carbocycles. The number of thiazole rings is 1. The normalized spacial score (nSPS) is 16.6. The second-order valence-corrected chi connectivity index (χ2v) is 8.60. The highest BCUT2D eigenvalue weighted by atomic mass is 32.1. The first-order valence-corrected chi connectivity index (χ1v) is 11.2. The highest BCUT2D eigenvalue weighted by molar-refractivity contribution is 7.10. The number of ether oxygens (including phenoxy) is 1. The van der Waals surface area contributed by atoms with Crippen LogP contribution >= 0.6 is 22.7 Å². The van der Waals surface area contributed by atoms with Crippen LogP contribution in [-0.2, 0) is 9.53 Å². The molecule has 2 aromatic heterocycles. The number of esters is 1. The Hall–Kier alpha value is -3.03. The van der Waals surface area contributed by atoms with Crippen molar-refractivity contribution in [1.29, 1.82) is 0 Å². The van der Waals surface area contributed by atoms with Gasteiger partial charge in [0.25, 0.3) is 5.56 Å². The monoisotopic (exact) mass is 436 g/mol. The quantitative estimate of drug-likeness (QED) is 0.575. The summed E-state index contributed by atoms with van der Waals surface area (Å²) in [7, 11) is 0. The van der Waals surface area contributed by atoms with Gasteiger partial charge in [0.05, 0.1) is 22.4 Å². The third-order valence-electron chi connectivity index (χ3n) is 4.67. The average molecular weight is 437 g/mol. The molecule has 7 heteroatoms. The van der Waals surface area contributed by atoms with Gasteiger partial charge in [0, 0.05) is 4.88 Å². The van der Waals surface area contributed by atoms with Gasteiger partial charge in [0.1, 0.15) is 6.04 Å². The largest absolute Gasteiger partial charge is 0.463 e. The number of allylic oxidation sites excluding steroid dienone is 2. The van der Waals surface area contributed by atoms with E-state index in [0.29, 0.717) is 20.6 Å². The molecular formula is C23H20N2O3S2. The minimum absolute atomic E-state index is 0.163. The van der Waals surface area contributed by atoms with Crippen LogP contribution in [0.15, 0.2) is 75.0 Å². The van der Waals surface area contributed by atoms with Crippen LogP contribution in [0, 0.1) is 0 Å². The molecule has 3 heterocycles. The summed E-state index contributed by atoms with van der Waals surface area (Å²) < 4.78 is 7.45. The minimum atomic E-state index is -0.527. The van der Waals surface area contributed by atoms with E-state index in [4.69, 9.17) is 4.74 Å². The van der Waals surface area contributed by atoms with Crippen molar-refractivity contribution in [1.82, 2.24) is 4.57 Å². The molecule has 1 aromatic carbocycles. The van der Waals surface area contributed by atoms with Gasteiger partial charge in [-0.2, -0.15) is 0 Å². The van der Waals surface area contributed by atoms with Crippen molar-refractivity contribution in [3.8, 4) is 0 Å². The van der Waals surface area contributed by atoms with Gasteiger partial charge in [-0.25, -0.2) is 9.79 Å². The molecule has 0 N–H and O–H groups in total. The summed E-state index contributed by atoms with van der Waals surface area (Å²) in [6.45, 7) is 3.82. The lowest BCUT2D eigenvalue weighted by Gasteiger charge is -2.23. The third-order valence-corrected chi connectivity index (χ3v) is 6.59. The van der Waals surface area contributed by atoms with Gasteiger partial charge < -0.3 is 4.74 Å². The van der Waals surface area contributed by atoms with E-state index in [1.807, 2.05) is 60.0 Å². The Bertz CT molecular complexity index is 1300. The van der Waals surface area contributed by atoms with E-state index in [0.717, 1.165) is 10.4 Å². The number of thiophene rings is 1. The van der Waals surface area contributed by atoms with Crippen LogP contribution in [0.4, 0.5) is 0 Å². The van der Waals surface area contributed by atoms with Gasteiger partial charge in [-0.1, -0.05) is 59.9 Å². The van der Waals surface area contributed by atoms with Crippen LogP contribution in [0.5, 0.6) is 0 Å². The van der Waals surface area contributed by atoms with E-state index in [9.17, 15) is 9.59 Å². The molecule has 0 spiro atoms. The number of carbonyl (C=O) groups is 1. The van der Waals surface area contributed by atoms with Crippen molar-refractivity contribution in [3.05, 3.63) is 95.3 Å². The first kappa shape index (κ1) is 20.3. The van der Waals surface area contributed by atoms with E-state index < -0.39 is 12.0 Å². The predicted octanol–water partition coefficient (Wildman–Crippen LogP) is 3.52. The Balaban J connectivity index is 1.83. The van der Waals surface area contributed by atoms with E-state index >= 15 is 0 Å². The predicted molar refractivity (Wildman–Crippen MR) is 121 cm³/mol. The number of hydrogen-bond donors (Lipinski definition) is 0. The maximum atomic E-state index is 13.3. The van der Waals surface area contributed by atoms with Crippen LogP contribution in [-0.4, -0.2) is 17.1 Å². The molecule has 0 fully saturated rings. The molecule has 0 radical (unpaired) electrons. The Morgan fingerprint density at radius 1 is 1.23 bits per heavy atom. The zero-order valence-corrected chi connectivity index (χ0v) is 18.2. The van der Waals surface area contributed by atoms with Crippen molar-refractivity contribution >= 4 is 40.8 Å². The lowest BCUT2D eigenvalue weighted by molar-refractivity contribution is -0.139. The van der Waals surface area contributed by atoms with E-state index in [-0.39, 0.29) is 12.2 Å². The maximum absolute atomic E-state index is 13.3. The number of hydrogen-bond acceptors (Lipinski definition) is 6. The van der Waals surface area contributed by atoms with Crippen LogP contribution in [0.1, 0.15) is 30.3 Å². The summed E-state index contributed by atoms with van der Waals surface area (Å²) in [5, 5.41) is 1.94. The molecule has 1 aliphatic heterocycles. The molecule has 4 rings (SSSR count). The average Bonchev–Trinajstić information content (AvgIpc) is 3.37. The molecule has 152 valence electrons. The molecule has 3 aromatic rings. The van der Waals surface area contributed by atoms with Crippen molar-refractivity contribution < 1.29 is 9.53 Å². The fourth-order valence-corrected chi connectivity index (χ4v) is 5.15. The van der Waals surface area contributed by atoms with Gasteiger partial charge in [0.2, 0.25) is 0 Å². The summed E-state index contributed by atoms with van der Waals surface area (Å²) in [6.07, 6.45) is 5.61. The zero-order valence-electron chi connectivity index (χ0n) is 16.6. The molecular weight excluding hydrogens is 416 g/mol. The van der Waals surface area contributed by atoms with Crippen LogP contribution < -0.4 is 14.9 Å². The second-order valence-electron chi connectivity index (χ2n) is 6.61. The number of benzene rings is 1. The van der Waals surface area contributed by atoms with Crippen LogP contribution in [0.2, 0.25) is 0 Å². The number of aromatic nitrogens is 1. The Morgan fingerprint density at radius 3 is 2.73 bits per heavy atom. The van der Waals surface area contributed by atoms with Gasteiger partial charge in [-0.15, -0.1) is 11.3 Å². The number of nitrogens with zero attached hydrogens (tertiary/aromatic N) is 2. The highest BCUT2D eigenvalue weighted by Gasteiger charge is 2.33. The van der Waals surface area contributed by atoms with Crippen molar-refractivity contribution in [2.45, 2.75) is 19.9 Å². The minimum Gasteiger partial charge on any atom is -0.463 e. The summed E-state index contributed by atoms with van der Waals surface area (Å²) >= 11 is 2.83. The SMILES string of the molecule is CCOC(=O)C1=C(C)N=c2s/c(=C/C=C\c3ccccc3)c(=O)n2[C@@H]1c1cccs1. The first-order valence-electron chi connectivity index (χ1n) is 9.55. The van der Waals surface area contributed by atoms with E-state index in [1.54, 1.807) is 24.5 Å². The lowest BCUT2D eigenvalue weighted by atomic mass is 10.0. The standard InChI is InChI=1S/C23H20N2O3S2/c1-3-28-22(27)19-15(2)24-23-25(20(19)17-13-8-14-29-17)21(26)18(30-23)12-7-11-16-9-5-4-6-10-16/h4-14,20H,3H2,1-2H3/b11-7-,18-12+/t20-/m1/s1. The second kappa shape index (κ2) is 8.77. The smallest absolute Gasteiger partial charge is 0.338 e. The van der Waals surface area contributed by atoms with Crippen LogP contribution in [0.3, 0.4) is 0 Å². The fourth-order valence-electron chi connectivity index (χ4n) is 3.33. The van der Waals surface area contributed by atoms with Crippen LogP contribution in [0.25, 0.3) is 12.2 Å². The van der Waals surface area contributed by atoms with E-state index in [2.05, 4.69) is 4.99 Å². The number of carbonyl (C=O) groups excluding carboxylic acids is 1. The topological polar surface area (TPSA) is 60.7 Å². The third kappa shape index (κ3) is 3.86. The molecule has 1 aliphatic rings. The molecule has 0 amide bonds. The van der Waals surface area contributed by atoms with Gasteiger partial charge in [0.15, 0.2) is 4.80 Å². The molecule has 0 unspecified atom stereocenters. The van der Waals surface area contributed by atoms with Crippen molar-refractivity contribution in [2.75, 3.05) is 6.61 Å². The molecule has 30 heavy (non-hydrogen) atoms. The van der Waals surface area contributed by atoms with Crippen molar-refractivity contribution in [3.63, 3.8) is 0 Å². The number of fused-ring (bicyclic) bond motifs is 1. The molecule has 5 nitrogen and oxygen atoms in total. The summed E-state index contributed by atoms with van der Waals surface area (Å²) in [5.74, 6) is -0.435. The Morgan fingerprint density at radius 2 is 2.03 bits per heavy atom. The highest BCUT2D eigenvalue weighted by Crippen LogP contribution is 2.33. The molecule has 0 aliphatic carbocycles. The molecule has 0 bridgehead atoms.